The van der Waals surface area contributed by atoms with E-state index in [1.165, 1.54) is 12.0 Å². The molecule has 28 heavy (non-hydrogen) atoms. The van der Waals surface area contributed by atoms with Gasteiger partial charge in [0.2, 0.25) is 5.91 Å². The van der Waals surface area contributed by atoms with Gasteiger partial charge in [0.05, 0.1) is 19.3 Å². The molecule has 1 heterocycles. The maximum absolute atomic E-state index is 12.7. The number of nitrogens with one attached hydrogen (secondary N) is 1. The largest absolute Gasteiger partial charge is 0.372 e. The molecule has 3 rings (SSSR count). The van der Waals surface area contributed by atoms with Crippen LogP contribution in [0.5, 0.6) is 0 Å². The molecule has 1 aliphatic heterocycles. The molecular weight excluding hydrogens is 348 g/mol. The van der Waals surface area contributed by atoms with E-state index in [9.17, 15) is 4.79 Å². The Hall–Kier alpha value is -2.17. The molecule has 2 aromatic carbocycles. The van der Waals surface area contributed by atoms with E-state index < -0.39 is 0 Å². The molecule has 1 fully saturated rings. The molecule has 0 spiro atoms. The first-order valence-corrected chi connectivity index (χ1v) is 10.5. The van der Waals surface area contributed by atoms with Crippen LogP contribution >= 0.6 is 0 Å². The molecule has 4 nitrogen and oxygen atoms in total. The Kier molecular flexibility index (Phi) is 8.07. The van der Waals surface area contributed by atoms with Gasteiger partial charge in [0.15, 0.2) is 0 Å². The van der Waals surface area contributed by atoms with Gasteiger partial charge < -0.3 is 10.1 Å². The van der Waals surface area contributed by atoms with Gasteiger partial charge in [-0.2, -0.15) is 0 Å². The Balaban J connectivity index is 1.47. The first-order chi connectivity index (χ1) is 13.8. The lowest BCUT2D eigenvalue weighted by molar-refractivity contribution is -0.127. The van der Waals surface area contributed by atoms with Crippen LogP contribution < -0.4 is 5.32 Å². The minimum Gasteiger partial charge on any atom is -0.372 e. The molecular formula is C24H32N2O2. The maximum Gasteiger partial charge on any atom is 0.237 e. The van der Waals surface area contributed by atoms with E-state index >= 15 is 0 Å². The molecule has 2 aromatic rings. The first-order valence-electron chi connectivity index (χ1n) is 10.5. The highest BCUT2D eigenvalue weighted by atomic mass is 16.5. The molecule has 1 N–H and O–H groups in total. The number of benzene rings is 2. The highest BCUT2D eigenvalue weighted by Crippen LogP contribution is 2.17. The van der Waals surface area contributed by atoms with Crippen molar-refractivity contribution in [1.82, 2.24) is 10.2 Å². The summed E-state index contributed by atoms with van der Waals surface area (Å²) in [5, 5.41) is 3.14. The SMILES string of the molecule is CCCN1CCCCC1C(=O)NCc1cccc(COCc2ccccc2)c1. The van der Waals surface area contributed by atoms with Crippen molar-refractivity contribution in [3.8, 4) is 0 Å². The molecule has 4 heteroatoms. The Labute approximate surface area is 168 Å². The van der Waals surface area contributed by atoms with E-state index in [1.54, 1.807) is 0 Å². The van der Waals surface area contributed by atoms with E-state index in [2.05, 4.69) is 47.5 Å². The van der Waals surface area contributed by atoms with Gasteiger partial charge >= 0.3 is 0 Å². The first kappa shape index (κ1) is 20.6. The van der Waals surface area contributed by atoms with Crippen molar-refractivity contribution in [1.29, 1.82) is 0 Å². The van der Waals surface area contributed by atoms with Crippen LogP contribution in [0.2, 0.25) is 0 Å². The second-order valence-corrected chi connectivity index (χ2v) is 7.56. The van der Waals surface area contributed by atoms with Crippen molar-refractivity contribution >= 4 is 5.91 Å². The zero-order valence-corrected chi connectivity index (χ0v) is 16.9. The average Bonchev–Trinajstić information content (AvgIpc) is 2.74. The summed E-state index contributed by atoms with van der Waals surface area (Å²) in [5.41, 5.74) is 3.43. The fraction of sp³-hybridized carbons (Fsp3) is 0.458. The summed E-state index contributed by atoms with van der Waals surface area (Å²) in [7, 11) is 0. The highest BCUT2D eigenvalue weighted by Gasteiger charge is 2.27. The predicted octanol–water partition coefficient (Wildman–Crippen LogP) is 4.28. The Morgan fingerprint density at radius 1 is 1.04 bits per heavy atom. The summed E-state index contributed by atoms with van der Waals surface area (Å²) in [6.45, 7) is 5.98. The van der Waals surface area contributed by atoms with Crippen LogP contribution in [-0.4, -0.2) is 29.9 Å². The van der Waals surface area contributed by atoms with Crippen LogP contribution in [0.4, 0.5) is 0 Å². The van der Waals surface area contributed by atoms with Gasteiger partial charge in [-0.15, -0.1) is 0 Å². The number of nitrogens with zero attached hydrogens (tertiary/aromatic N) is 1. The predicted molar refractivity (Wildman–Crippen MR) is 113 cm³/mol. The average molecular weight is 381 g/mol. The van der Waals surface area contributed by atoms with Gasteiger partial charge in [0, 0.05) is 6.54 Å². The molecule has 0 radical (unpaired) electrons. The monoisotopic (exact) mass is 380 g/mol. The molecule has 0 saturated carbocycles. The van der Waals surface area contributed by atoms with Crippen molar-refractivity contribution in [2.24, 2.45) is 0 Å². The summed E-state index contributed by atoms with van der Waals surface area (Å²) in [5.74, 6) is 0.166. The molecule has 1 amide bonds. The maximum atomic E-state index is 12.7. The van der Waals surface area contributed by atoms with Crippen molar-refractivity contribution in [3.63, 3.8) is 0 Å². The van der Waals surface area contributed by atoms with Gasteiger partial charge in [-0.25, -0.2) is 0 Å². The fourth-order valence-electron chi connectivity index (χ4n) is 3.84. The number of likely N-dealkylation sites (tertiary alicyclic amines) is 1. The number of carbonyl (C=O) groups excluding carboxylic acids is 1. The summed E-state index contributed by atoms with van der Waals surface area (Å²) in [6, 6.07) is 18.5. The van der Waals surface area contributed by atoms with Gasteiger partial charge in [-0.3, -0.25) is 9.69 Å². The van der Waals surface area contributed by atoms with Crippen molar-refractivity contribution < 1.29 is 9.53 Å². The van der Waals surface area contributed by atoms with Crippen LogP contribution in [-0.2, 0) is 29.3 Å². The number of rotatable bonds is 9. The van der Waals surface area contributed by atoms with E-state index in [0.29, 0.717) is 19.8 Å². The lowest BCUT2D eigenvalue weighted by Gasteiger charge is -2.34. The van der Waals surface area contributed by atoms with Gasteiger partial charge in [0.1, 0.15) is 0 Å². The van der Waals surface area contributed by atoms with Crippen molar-refractivity contribution in [2.75, 3.05) is 13.1 Å². The number of piperidine rings is 1. The Morgan fingerprint density at radius 3 is 2.61 bits per heavy atom. The number of hydrogen-bond acceptors (Lipinski definition) is 3. The molecule has 150 valence electrons. The topological polar surface area (TPSA) is 41.6 Å². The van der Waals surface area contributed by atoms with E-state index in [4.69, 9.17) is 4.74 Å². The Morgan fingerprint density at radius 2 is 1.79 bits per heavy atom. The molecule has 1 saturated heterocycles. The molecule has 1 atom stereocenters. The standard InChI is InChI=1S/C24H32N2O2/c1-2-14-26-15-7-6-13-23(26)24(27)25-17-21-11-8-12-22(16-21)19-28-18-20-9-4-3-5-10-20/h3-5,8-12,16,23H,2,6-7,13-15,17-19H2,1H3,(H,25,27). The highest BCUT2D eigenvalue weighted by molar-refractivity contribution is 5.81. The number of ether oxygens (including phenoxy) is 1. The van der Waals surface area contributed by atoms with Crippen LogP contribution in [0, 0.1) is 0 Å². The minimum absolute atomic E-state index is 0.0334. The number of carbonyl (C=O) groups is 1. The summed E-state index contributed by atoms with van der Waals surface area (Å²) >= 11 is 0. The third-order valence-electron chi connectivity index (χ3n) is 5.27. The Bertz CT molecular complexity index is 730. The van der Waals surface area contributed by atoms with E-state index in [1.807, 2.05) is 24.3 Å². The van der Waals surface area contributed by atoms with Gasteiger partial charge in [-0.05, 0) is 49.0 Å². The molecule has 0 aromatic heterocycles. The smallest absolute Gasteiger partial charge is 0.237 e. The molecule has 1 aliphatic rings. The lowest BCUT2D eigenvalue weighted by Crippen LogP contribution is -2.49. The second-order valence-electron chi connectivity index (χ2n) is 7.56. The summed E-state index contributed by atoms with van der Waals surface area (Å²) < 4.78 is 5.83. The number of amides is 1. The van der Waals surface area contributed by atoms with Crippen LogP contribution in [0.25, 0.3) is 0 Å². The molecule has 1 unspecified atom stereocenters. The third-order valence-corrected chi connectivity index (χ3v) is 5.27. The summed E-state index contributed by atoms with van der Waals surface area (Å²) in [6.07, 6.45) is 4.41. The van der Waals surface area contributed by atoms with E-state index in [0.717, 1.165) is 43.5 Å². The van der Waals surface area contributed by atoms with Crippen LogP contribution in [0.3, 0.4) is 0 Å². The zero-order chi connectivity index (χ0) is 19.6. The minimum atomic E-state index is 0.0334. The third kappa shape index (κ3) is 6.18. The van der Waals surface area contributed by atoms with Gasteiger partial charge in [-0.1, -0.05) is 67.9 Å². The lowest BCUT2D eigenvalue weighted by atomic mass is 10.0. The van der Waals surface area contributed by atoms with Crippen LogP contribution in [0.15, 0.2) is 54.6 Å². The molecule has 0 aliphatic carbocycles. The normalized spacial score (nSPS) is 17.4. The van der Waals surface area contributed by atoms with E-state index in [-0.39, 0.29) is 11.9 Å². The fourth-order valence-corrected chi connectivity index (χ4v) is 3.84. The van der Waals surface area contributed by atoms with Crippen molar-refractivity contribution in [3.05, 3.63) is 71.3 Å². The second kappa shape index (κ2) is 11.0. The van der Waals surface area contributed by atoms with Crippen LogP contribution in [0.1, 0.15) is 49.3 Å². The summed E-state index contributed by atoms with van der Waals surface area (Å²) in [4.78, 5) is 15.0. The van der Waals surface area contributed by atoms with Gasteiger partial charge in [0.25, 0.3) is 0 Å². The quantitative estimate of drug-likeness (QED) is 0.706. The molecule has 0 bridgehead atoms. The number of hydrogen-bond donors (Lipinski definition) is 1. The zero-order valence-electron chi connectivity index (χ0n) is 16.9. The van der Waals surface area contributed by atoms with Crippen molar-refractivity contribution in [2.45, 2.75) is 58.4 Å².